The van der Waals surface area contributed by atoms with Gasteiger partial charge in [-0.15, -0.1) is 0 Å². The van der Waals surface area contributed by atoms with Crippen LogP contribution in [-0.2, 0) is 0 Å². The SMILES string of the molecule is CC1CC(C)N(CC#N)CN1. The summed E-state index contributed by atoms with van der Waals surface area (Å²) in [6, 6.07) is 3.31. The maximum atomic E-state index is 8.48. The third-order valence-corrected chi connectivity index (χ3v) is 2.23. The van der Waals surface area contributed by atoms with Gasteiger partial charge in [-0.2, -0.15) is 5.26 Å². The van der Waals surface area contributed by atoms with Crippen molar-refractivity contribution in [3.8, 4) is 6.07 Å². The Morgan fingerprint density at radius 2 is 2.36 bits per heavy atom. The van der Waals surface area contributed by atoms with E-state index in [1.807, 2.05) is 0 Å². The van der Waals surface area contributed by atoms with Gasteiger partial charge in [0.15, 0.2) is 0 Å². The summed E-state index contributed by atoms with van der Waals surface area (Å²) in [6.07, 6.45) is 1.14. The van der Waals surface area contributed by atoms with Gasteiger partial charge in [-0.25, -0.2) is 0 Å². The van der Waals surface area contributed by atoms with E-state index >= 15 is 0 Å². The fourth-order valence-electron chi connectivity index (χ4n) is 1.48. The topological polar surface area (TPSA) is 39.1 Å². The van der Waals surface area contributed by atoms with Crippen molar-refractivity contribution in [3.05, 3.63) is 0 Å². The average Bonchev–Trinajstić information content (AvgIpc) is 1.95. The van der Waals surface area contributed by atoms with Crippen LogP contribution < -0.4 is 5.32 Å². The van der Waals surface area contributed by atoms with Crippen molar-refractivity contribution in [1.29, 1.82) is 5.26 Å². The average molecular weight is 153 g/mol. The first-order valence-electron chi connectivity index (χ1n) is 4.08. The summed E-state index contributed by atoms with van der Waals surface area (Å²) in [5.41, 5.74) is 0. The Morgan fingerprint density at radius 3 is 2.91 bits per heavy atom. The van der Waals surface area contributed by atoms with Crippen molar-refractivity contribution in [1.82, 2.24) is 10.2 Å². The Hall–Kier alpha value is -0.590. The van der Waals surface area contributed by atoms with E-state index in [0.717, 1.165) is 13.1 Å². The summed E-state index contributed by atoms with van der Waals surface area (Å²) in [6.45, 7) is 5.76. The van der Waals surface area contributed by atoms with Gasteiger partial charge in [0, 0.05) is 18.8 Å². The molecule has 1 aliphatic rings. The van der Waals surface area contributed by atoms with Crippen molar-refractivity contribution >= 4 is 0 Å². The lowest BCUT2D eigenvalue weighted by Crippen LogP contribution is -2.51. The molecule has 0 aromatic carbocycles. The molecule has 2 unspecified atom stereocenters. The Kier molecular flexibility index (Phi) is 2.86. The predicted molar refractivity (Wildman–Crippen MR) is 43.9 cm³/mol. The largest absolute Gasteiger partial charge is 0.302 e. The van der Waals surface area contributed by atoms with Crippen molar-refractivity contribution < 1.29 is 0 Å². The standard InChI is InChI=1S/C8H15N3/c1-7-5-8(2)11(4-3-9)6-10-7/h7-8,10H,4-6H2,1-2H3. The molecule has 62 valence electrons. The van der Waals surface area contributed by atoms with E-state index in [4.69, 9.17) is 5.26 Å². The first-order valence-corrected chi connectivity index (χ1v) is 4.08. The van der Waals surface area contributed by atoms with E-state index in [0.29, 0.717) is 18.6 Å². The summed E-state index contributed by atoms with van der Waals surface area (Å²) in [5.74, 6) is 0. The molecule has 0 spiro atoms. The van der Waals surface area contributed by atoms with E-state index in [1.54, 1.807) is 0 Å². The minimum absolute atomic E-state index is 0.543. The molecule has 1 rings (SSSR count). The highest BCUT2D eigenvalue weighted by Crippen LogP contribution is 2.10. The third-order valence-electron chi connectivity index (χ3n) is 2.23. The molecule has 0 amide bonds. The molecule has 0 radical (unpaired) electrons. The number of nitrogens with one attached hydrogen (secondary N) is 1. The van der Waals surface area contributed by atoms with Crippen LogP contribution in [0, 0.1) is 11.3 Å². The highest BCUT2D eigenvalue weighted by Gasteiger charge is 2.21. The first kappa shape index (κ1) is 8.51. The molecule has 0 saturated carbocycles. The van der Waals surface area contributed by atoms with Gasteiger partial charge < -0.3 is 5.32 Å². The third kappa shape index (κ3) is 2.18. The summed E-state index contributed by atoms with van der Waals surface area (Å²) < 4.78 is 0. The molecule has 1 N–H and O–H groups in total. The molecule has 2 atom stereocenters. The molecule has 1 fully saturated rings. The summed E-state index contributed by atoms with van der Waals surface area (Å²) >= 11 is 0. The van der Waals surface area contributed by atoms with Gasteiger partial charge in [0.2, 0.25) is 0 Å². The number of hydrogen-bond donors (Lipinski definition) is 1. The molecule has 0 aliphatic carbocycles. The smallest absolute Gasteiger partial charge is 0.0878 e. The molecule has 1 aliphatic heterocycles. The Balaban J connectivity index is 2.39. The zero-order valence-corrected chi connectivity index (χ0v) is 7.17. The predicted octanol–water partition coefficient (Wildman–Crippen LogP) is 0.540. The van der Waals surface area contributed by atoms with Crippen molar-refractivity contribution in [2.24, 2.45) is 0 Å². The first-order chi connectivity index (χ1) is 5.24. The number of rotatable bonds is 1. The van der Waals surface area contributed by atoms with Crippen LogP contribution in [-0.4, -0.2) is 30.2 Å². The van der Waals surface area contributed by atoms with Gasteiger partial charge in [-0.1, -0.05) is 0 Å². The van der Waals surface area contributed by atoms with Crippen molar-refractivity contribution in [2.75, 3.05) is 13.2 Å². The van der Waals surface area contributed by atoms with Crippen LogP contribution in [0.25, 0.3) is 0 Å². The van der Waals surface area contributed by atoms with Gasteiger partial charge in [0.1, 0.15) is 0 Å². The molecule has 1 heterocycles. The summed E-state index contributed by atoms with van der Waals surface area (Å²) in [5, 5.41) is 11.8. The summed E-state index contributed by atoms with van der Waals surface area (Å²) in [4.78, 5) is 2.15. The molecule has 0 aromatic rings. The molecular formula is C8H15N3. The second-order valence-electron chi connectivity index (χ2n) is 3.25. The number of nitrogens with zero attached hydrogens (tertiary/aromatic N) is 2. The van der Waals surface area contributed by atoms with E-state index in [-0.39, 0.29) is 0 Å². The Morgan fingerprint density at radius 1 is 1.64 bits per heavy atom. The van der Waals surface area contributed by atoms with E-state index in [2.05, 4.69) is 30.1 Å². The van der Waals surface area contributed by atoms with Gasteiger partial charge >= 0.3 is 0 Å². The molecule has 1 saturated heterocycles. The molecule has 11 heavy (non-hydrogen) atoms. The van der Waals surface area contributed by atoms with E-state index < -0.39 is 0 Å². The lowest BCUT2D eigenvalue weighted by molar-refractivity contribution is 0.144. The van der Waals surface area contributed by atoms with Crippen LogP contribution in [0.4, 0.5) is 0 Å². The highest BCUT2D eigenvalue weighted by molar-refractivity contribution is 4.84. The summed E-state index contributed by atoms with van der Waals surface area (Å²) in [7, 11) is 0. The van der Waals surface area contributed by atoms with Crippen LogP contribution in [0.2, 0.25) is 0 Å². The minimum atomic E-state index is 0.543. The van der Waals surface area contributed by atoms with E-state index in [1.165, 1.54) is 0 Å². The number of nitriles is 1. The molecule has 3 heteroatoms. The lowest BCUT2D eigenvalue weighted by Gasteiger charge is -2.35. The van der Waals surface area contributed by atoms with Crippen LogP contribution >= 0.6 is 0 Å². The van der Waals surface area contributed by atoms with Gasteiger partial charge in [-0.05, 0) is 20.3 Å². The Bertz CT molecular complexity index is 161. The maximum absolute atomic E-state index is 8.48. The monoisotopic (exact) mass is 153 g/mol. The highest BCUT2D eigenvalue weighted by atomic mass is 15.3. The lowest BCUT2D eigenvalue weighted by atomic mass is 10.1. The maximum Gasteiger partial charge on any atom is 0.0878 e. The van der Waals surface area contributed by atoms with Crippen LogP contribution in [0.3, 0.4) is 0 Å². The molecule has 0 bridgehead atoms. The molecule has 0 aromatic heterocycles. The van der Waals surface area contributed by atoms with Gasteiger partial charge in [0.25, 0.3) is 0 Å². The second-order valence-corrected chi connectivity index (χ2v) is 3.25. The van der Waals surface area contributed by atoms with Crippen LogP contribution in [0.5, 0.6) is 0 Å². The minimum Gasteiger partial charge on any atom is -0.302 e. The van der Waals surface area contributed by atoms with Crippen LogP contribution in [0.1, 0.15) is 20.3 Å². The fraction of sp³-hybridized carbons (Fsp3) is 0.875. The zero-order chi connectivity index (χ0) is 8.27. The second kappa shape index (κ2) is 3.70. The number of hydrogen-bond acceptors (Lipinski definition) is 3. The molecule has 3 nitrogen and oxygen atoms in total. The van der Waals surface area contributed by atoms with E-state index in [9.17, 15) is 0 Å². The normalized spacial score (nSPS) is 33.2. The quantitative estimate of drug-likeness (QED) is 0.559. The fourth-order valence-corrected chi connectivity index (χ4v) is 1.48. The zero-order valence-electron chi connectivity index (χ0n) is 7.17. The van der Waals surface area contributed by atoms with Crippen LogP contribution in [0.15, 0.2) is 0 Å². The van der Waals surface area contributed by atoms with Gasteiger partial charge in [0.05, 0.1) is 12.6 Å². The van der Waals surface area contributed by atoms with Gasteiger partial charge in [-0.3, -0.25) is 4.90 Å². The Labute approximate surface area is 68.0 Å². The van der Waals surface area contributed by atoms with Crippen molar-refractivity contribution in [3.63, 3.8) is 0 Å². The van der Waals surface area contributed by atoms with Crippen molar-refractivity contribution in [2.45, 2.75) is 32.4 Å². The molecular weight excluding hydrogens is 138 g/mol.